The number of anilines is 1. The molecule has 0 unspecified atom stereocenters. The van der Waals surface area contributed by atoms with Crippen LogP contribution < -0.4 is 5.32 Å². The van der Waals surface area contributed by atoms with E-state index in [4.69, 9.17) is 0 Å². The van der Waals surface area contributed by atoms with Crippen LogP contribution in [0.2, 0.25) is 0 Å². The molecule has 1 amide bonds. The van der Waals surface area contributed by atoms with E-state index in [-0.39, 0.29) is 10.8 Å². The Morgan fingerprint density at radius 2 is 1.69 bits per heavy atom. The van der Waals surface area contributed by atoms with Gasteiger partial charge in [0.2, 0.25) is 10.0 Å². The van der Waals surface area contributed by atoms with Crippen LogP contribution in [0, 0.1) is 11.8 Å². The lowest BCUT2D eigenvalue weighted by Crippen LogP contribution is -2.42. The summed E-state index contributed by atoms with van der Waals surface area (Å²) in [6, 6.07) is 21.7. The number of aromatic nitrogens is 1. The van der Waals surface area contributed by atoms with E-state index in [2.05, 4.69) is 24.1 Å². The third kappa shape index (κ3) is 5.00. The van der Waals surface area contributed by atoms with E-state index in [1.165, 1.54) is 12.1 Å². The molecule has 35 heavy (non-hydrogen) atoms. The second kappa shape index (κ2) is 9.53. The number of para-hydroxylation sites is 1. The number of nitrogens with one attached hydrogen (secondary N) is 1. The molecule has 1 aromatic heterocycles. The molecule has 0 radical (unpaired) electrons. The van der Waals surface area contributed by atoms with Crippen LogP contribution >= 0.6 is 11.3 Å². The number of nitrogens with zero attached hydrogens (tertiary/aromatic N) is 2. The van der Waals surface area contributed by atoms with E-state index in [0.717, 1.165) is 27.2 Å². The van der Waals surface area contributed by atoms with Crippen molar-refractivity contribution in [2.75, 3.05) is 18.4 Å². The normalized spacial score (nSPS) is 19.0. The summed E-state index contributed by atoms with van der Waals surface area (Å²) >= 11 is 1.61. The smallest absolute Gasteiger partial charge is 0.255 e. The molecule has 0 bridgehead atoms. The molecule has 1 N–H and O–H groups in total. The molecule has 0 saturated carbocycles. The summed E-state index contributed by atoms with van der Waals surface area (Å²) in [5.74, 6) is 0.366. The van der Waals surface area contributed by atoms with Gasteiger partial charge in [0.25, 0.3) is 5.91 Å². The molecule has 0 spiro atoms. The number of rotatable bonds is 5. The van der Waals surface area contributed by atoms with Gasteiger partial charge >= 0.3 is 0 Å². The highest BCUT2D eigenvalue weighted by Crippen LogP contribution is 2.31. The summed E-state index contributed by atoms with van der Waals surface area (Å²) in [5, 5.41) is 3.80. The van der Waals surface area contributed by atoms with Gasteiger partial charge in [-0.3, -0.25) is 4.79 Å². The predicted octanol–water partition coefficient (Wildman–Crippen LogP) is 5.88. The molecular formula is C27H27N3O3S2. The summed E-state index contributed by atoms with van der Waals surface area (Å²) in [6.07, 6.45) is 1.03. The zero-order chi connectivity index (χ0) is 24.6. The first-order valence-electron chi connectivity index (χ1n) is 11.7. The summed E-state index contributed by atoms with van der Waals surface area (Å²) in [6.45, 7) is 5.22. The highest BCUT2D eigenvalue weighted by molar-refractivity contribution is 7.89. The van der Waals surface area contributed by atoms with Crippen LogP contribution in [0.25, 0.3) is 20.8 Å². The molecule has 3 aromatic carbocycles. The second-order valence-corrected chi connectivity index (χ2v) is 12.3. The molecule has 1 aliphatic heterocycles. The van der Waals surface area contributed by atoms with Gasteiger partial charge in [0.15, 0.2) is 0 Å². The van der Waals surface area contributed by atoms with Crippen molar-refractivity contribution in [3.05, 3.63) is 78.4 Å². The van der Waals surface area contributed by atoms with Crippen molar-refractivity contribution in [2.45, 2.75) is 25.2 Å². The van der Waals surface area contributed by atoms with Gasteiger partial charge in [-0.2, -0.15) is 4.31 Å². The zero-order valence-electron chi connectivity index (χ0n) is 19.6. The summed E-state index contributed by atoms with van der Waals surface area (Å²) in [4.78, 5) is 17.8. The lowest BCUT2D eigenvalue weighted by atomic mass is 9.94. The van der Waals surface area contributed by atoms with Gasteiger partial charge in [-0.25, -0.2) is 13.4 Å². The van der Waals surface area contributed by atoms with Crippen LogP contribution in [-0.2, 0) is 10.0 Å². The van der Waals surface area contributed by atoms with Crippen LogP contribution in [0.3, 0.4) is 0 Å². The van der Waals surface area contributed by atoms with E-state index in [1.54, 1.807) is 27.8 Å². The number of hydrogen-bond donors (Lipinski definition) is 1. The minimum atomic E-state index is -3.58. The van der Waals surface area contributed by atoms with E-state index in [9.17, 15) is 13.2 Å². The molecule has 6 nitrogen and oxygen atoms in total. The Morgan fingerprint density at radius 3 is 2.40 bits per heavy atom. The van der Waals surface area contributed by atoms with Gasteiger partial charge in [0, 0.05) is 29.9 Å². The Morgan fingerprint density at radius 1 is 0.971 bits per heavy atom. The molecule has 180 valence electrons. The van der Waals surface area contributed by atoms with Crippen molar-refractivity contribution in [3.63, 3.8) is 0 Å². The Bertz CT molecular complexity index is 1440. The largest absolute Gasteiger partial charge is 0.322 e. The third-order valence-electron chi connectivity index (χ3n) is 6.25. The standard InChI is InChI=1S/C27H27N3O3S2/c1-18-14-19(2)17-30(16-18)35(32,33)23-12-10-20(11-13-23)26(31)28-22-7-5-6-21(15-22)27-29-24-8-3-4-9-25(24)34-27/h3-13,15,18-19H,14,16-17H2,1-2H3,(H,28,31)/t18-,19+. The van der Waals surface area contributed by atoms with Crippen molar-refractivity contribution in [1.82, 2.24) is 9.29 Å². The number of piperidine rings is 1. The average Bonchev–Trinajstić information content (AvgIpc) is 3.28. The molecule has 4 aromatic rings. The van der Waals surface area contributed by atoms with Crippen molar-refractivity contribution >= 4 is 43.2 Å². The highest BCUT2D eigenvalue weighted by Gasteiger charge is 2.31. The topological polar surface area (TPSA) is 79.4 Å². The van der Waals surface area contributed by atoms with Crippen molar-refractivity contribution in [2.24, 2.45) is 11.8 Å². The van der Waals surface area contributed by atoms with Gasteiger partial charge in [0.1, 0.15) is 5.01 Å². The van der Waals surface area contributed by atoms with Crippen LogP contribution in [-0.4, -0.2) is 36.7 Å². The van der Waals surface area contributed by atoms with E-state index in [0.29, 0.717) is 36.2 Å². The lowest BCUT2D eigenvalue weighted by Gasteiger charge is -2.34. The first-order valence-corrected chi connectivity index (χ1v) is 13.9. The highest BCUT2D eigenvalue weighted by atomic mass is 32.2. The van der Waals surface area contributed by atoms with Crippen molar-refractivity contribution in [3.8, 4) is 10.6 Å². The Balaban J connectivity index is 1.31. The van der Waals surface area contributed by atoms with Gasteiger partial charge < -0.3 is 5.32 Å². The lowest BCUT2D eigenvalue weighted by molar-refractivity contribution is 0.102. The maximum Gasteiger partial charge on any atom is 0.255 e. The molecule has 1 fully saturated rings. The maximum absolute atomic E-state index is 13.1. The number of thiazole rings is 1. The predicted molar refractivity (Wildman–Crippen MR) is 141 cm³/mol. The van der Waals surface area contributed by atoms with E-state index >= 15 is 0 Å². The fraction of sp³-hybridized carbons (Fsp3) is 0.259. The quantitative estimate of drug-likeness (QED) is 0.367. The second-order valence-electron chi connectivity index (χ2n) is 9.31. The van der Waals surface area contributed by atoms with Crippen LogP contribution in [0.1, 0.15) is 30.6 Å². The SMILES string of the molecule is C[C@@H]1C[C@H](C)CN(S(=O)(=O)c2ccc(C(=O)Nc3cccc(-c4nc5ccccc5s4)c3)cc2)C1. The van der Waals surface area contributed by atoms with Gasteiger partial charge in [-0.1, -0.05) is 38.1 Å². The van der Waals surface area contributed by atoms with Gasteiger partial charge in [0.05, 0.1) is 15.1 Å². The number of carbonyl (C=O) groups excluding carboxylic acids is 1. The van der Waals surface area contributed by atoms with Crippen LogP contribution in [0.5, 0.6) is 0 Å². The fourth-order valence-electron chi connectivity index (χ4n) is 4.66. The Hall–Kier alpha value is -3.07. The van der Waals surface area contributed by atoms with Gasteiger partial charge in [-0.05, 0) is 66.8 Å². The molecule has 8 heteroatoms. The van der Waals surface area contributed by atoms with E-state index < -0.39 is 10.0 Å². The minimum Gasteiger partial charge on any atom is -0.322 e. The van der Waals surface area contributed by atoms with Crippen molar-refractivity contribution in [1.29, 1.82) is 0 Å². The molecule has 1 saturated heterocycles. The number of hydrogen-bond acceptors (Lipinski definition) is 5. The van der Waals surface area contributed by atoms with E-state index in [1.807, 2.05) is 48.5 Å². The zero-order valence-corrected chi connectivity index (χ0v) is 21.3. The fourth-order valence-corrected chi connectivity index (χ4v) is 7.30. The molecule has 5 rings (SSSR count). The number of sulfonamides is 1. The Kier molecular flexibility index (Phi) is 6.44. The van der Waals surface area contributed by atoms with Crippen LogP contribution in [0.4, 0.5) is 5.69 Å². The molecule has 2 atom stereocenters. The maximum atomic E-state index is 13.1. The van der Waals surface area contributed by atoms with Crippen LogP contribution in [0.15, 0.2) is 77.7 Å². The summed E-state index contributed by atoms with van der Waals surface area (Å²) < 4.78 is 28.9. The molecular weight excluding hydrogens is 478 g/mol. The first kappa shape index (κ1) is 23.7. The van der Waals surface area contributed by atoms with Crippen molar-refractivity contribution < 1.29 is 13.2 Å². The molecule has 1 aliphatic rings. The number of fused-ring (bicyclic) bond motifs is 1. The monoisotopic (exact) mass is 505 g/mol. The average molecular weight is 506 g/mol. The Labute approximate surface area is 209 Å². The number of amides is 1. The summed E-state index contributed by atoms with van der Waals surface area (Å²) in [5.41, 5.74) is 2.93. The number of carbonyl (C=O) groups is 1. The first-order chi connectivity index (χ1) is 16.8. The third-order valence-corrected chi connectivity index (χ3v) is 9.18. The van der Waals surface area contributed by atoms with Gasteiger partial charge in [-0.15, -0.1) is 11.3 Å². The number of benzene rings is 3. The molecule has 0 aliphatic carbocycles. The summed E-state index contributed by atoms with van der Waals surface area (Å²) in [7, 11) is -3.58. The molecule has 2 heterocycles. The minimum absolute atomic E-state index is 0.216.